The number of unbranched alkanes of at least 4 members (excludes halogenated alkanes) is 2. The maximum Gasteiger partial charge on any atom is 0.306 e. The molecular formula is C20H38O2Si. The van der Waals surface area contributed by atoms with Crippen molar-refractivity contribution in [1.29, 1.82) is 0 Å². The van der Waals surface area contributed by atoms with Crippen LogP contribution in [0.15, 0.2) is 12.2 Å². The van der Waals surface area contributed by atoms with E-state index in [4.69, 9.17) is 4.74 Å². The van der Waals surface area contributed by atoms with Crippen LogP contribution in [0.25, 0.3) is 0 Å². The largest absolute Gasteiger partial charge is 0.462 e. The van der Waals surface area contributed by atoms with E-state index in [1.807, 2.05) is 0 Å². The van der Waals surface area contributed by atoms with Gasteiger partial charge in [-0.1, -0.05) is 79.6 Å². The fourth-order valence-corrected chi connectivity index (χ4v) is 7.19. The van der Waals surface area contributed by atoms with E-state index in [0.717, 1.165) is 6.42 Å². The second kappa shape index (κ2) is 8.00. The minimum atomic E-state index is -1.62. The summed E-state index contributed by atoms with van der Waals surface area (Å²) in [6, 6.07) is 0. The van der Waals surface area contributed by atoms with E-state index in [1.54, 1.807) is 0 Å². The molecule has 1 saturated heterocycles. The van der Waals surface area contributed by atoms with Crippen LogP contribution in [-0.4, -0.2) is 20.1 Å². The van der Waals surface area contributed by atoms with Crippen molar-refractivity contribution >= 4 is 14.0 Å². The van der Waals surface area contributed by atoms with E-state index in [1.165, 1.54) is 12.8 Å². The molecule has 0 saturated carbocycles. The lowest BCUT2D eigenvalue weighted by atomic mass is 9.88. The SMILES string of the molecule is CCCC/C=C/C1CC(=O)O[C@H](C(C)C)[C@H]1[Si](C)(C)C(C)(C)C. The number of carbonyl (C=O) groups is 1. The average Bonchev–Trinajstić information content (AvgIpc) is 2.41. The van der Waals surface area contributed by atoms with Crippen molar-refractivity contribution in [3.8, 4) is 0 Å². The molecule has 0 aromatic rings. The Bertz CT molecular complexity index is 418. The monoisotopic (exact) mass is 338 g/mol. The highest BCUT2D eigenvalue weighted by Crippen LogP contribution is 2.52. The summed E-state index contributed by atoms with van der Waals surface area (Å²) in [5.41, 5.74) is 0.498. The summed E-state index contributed by atoms with van der Waals surface area (Å²) < 4.78 is 5.86. The summed E-state index contributed by atoms with van der Waals surface area (Å²) in [7, 11) is -1.62. The van der Waals surface area contributed by atoms with Crippen molar-refractivity contribution in [2.24, 2.45) is 11.8 Å². The van der Waals surface area contributed by atoms with Gasteiger partial charge >= 0.3 is 5.97 Å². The number of esters is 1. The molecule has 3 atom stereocenters. The summed E-state index contributed by atoms with van der Waals surface area (Å²) in [4.78, 5) is 12.2. The second-order valence-corrected chi connectivity index (χ2v) is 14.7. The summed E-state index contributed by atoms with van der Waals surface area (Å²) in [5, 5.41) is 0.296. The van der Waals surface area contributed by atoms with Crippen molar-refractivity contribution in [1.82, 2.24) is 0 Å². The number of hydrogen-bond acceptors (Lipinski definition) is 2. The quantitative estimate of drug-likeness (QED) is 0.249. The summed E-state index contributed by atoms with van der Waals surface area (Å²) in [6.07, 6.45) is 8.85. The molecule has 0 radical (unpaired) electrons. The molecule has 0 N–H and O–H groups in total. The fraction of sp³-hybridized carbons (Fsp3) is 0.850. The zero-order valence-corrected chi connectivity index (χ0v) is 17.6. The van der Waals surface area contributed by atoms with Gasteiger partial charge in [0, 0.05) is 0 Å². The van der Waals surface area contributed by atoms with E-state index in [0.29, 0.717) is 28.8 Å². The first-order valence-corrected chi connectivity index (χ1v) is 12.5. The van der Waals surface area contributed by atoms with Gasteiger partial charge in [0.1, 0.15) is 6.10 Å². The molecule has 0 aromatic carbocycles. The Hall–Kier alpha value is -0.573. The van der Waals surface area contributed by atoms with Crippen LogP contribution in [-0.2, 0) is 9.53 Å². The van der Waals surface area contributed by atoms with Gasteiger partial charge in [-0.2, -0.15) is 0 Å². The molecule has 1 rings (SSSR count). The Labute approximate surface area is 145 Å². The zero-order chi connectivity index (χ0) is 17.8. The van der Waals surface area contributed by atoms with Gasteiger partial charge in [-0.05, 0) is 28.8 Å². The first-order valence-electron chi connectivity index (χ1n) is 9.38. The van der Waals surface area contributed by atoms with E-state index >= 15 is 0 Å². The molecule has 0 spiro atoms. The number of rotatable bonds is 6. The highest BCUT2D eigenvalue weighted by Gasteiger charge is 2.52. The molecule has 2 nitrogen and oxygen atoms in total. The van der Waals surface area contributed by atoms with Gasteiger partial charge in [-0.3, -0.25) is 4.79 Å². The van der Waals surface area contributed by atoms with Crippen LogP contribution in [0.2, 0.25) is 23.7 Å². The number of cyclic esters (lactones) is 1. The molecule has 1 aliphatic rings. The van der Waals surface area contributed by atoms with E-state index in [9.17, 15) is 4.79 Å². The molecule has 0 amide bonds. The highest BCUT2D eigenvalue weighted by molar-refractivity contribution is 6.81. The third-order valence-electron chi connectivity index (χ3n) is 6.02. The summed E-state index contributed by atoms with van der Waals surface area (Å²) in [6.45, 7) is 18.7. The van der Waals surface area contributed by atoms with Gasteiger partial charge < -0.3 is 4.74 Å². The molecule has 1 unspecified atom stereocenters. The second-order valence-electron chi connectivity index (χ2n) is 9.13. The van der Waals surface area contributed by atoms with Crippen LogP contribution in [0.5, 0.6) is 0 Å². The normalized spacial score (nSPS) is 26.8. The van der Waals surface area contributed by atoms with Gasteiger partial charge in [-0.25, -0.2) is 0 Å². The number of carbonyl (C=O) groups excluding carboxylic acids is 1. The highest BCUT2D eigenvalue weighted by atomic mass is 28.3. The first kappa shape index (κ1) is 20.5. The van der Waals surface area contributed by atoms with Crippen LogP contribution in [0.4, 0.5) is 0 Å². The molecule has 1 aliphatic heterocycles. The Balaban J connectivity index is 3.15. The molecule has 0 bridgehead atoms. The minimum Gasteiger partial charge on any atom is -0.462 e. The molecule has 23 heavy (non-hydrogen) atoms. The summed E-state index contributed by atoms with van der Waals surface area (Å²) >= 11 is 0. The lowest BCUT2D eigenvalue weighted by Crippen LogP contribution is -2.54. The Morgan fingerprint density at radius 2 is 1.91 bits per heavy atom. The molecule has 134 valence electrons. The number of hydrogen-bond donors (Lipinski definition) is 0. The van der Waals surface area contributed by atoms with E-state index in [-0.39, 0.29) is 12.1 Å². The smallest absolute Gasteiger partial charge is 0.306 e. The van der Waals surface area contributed by atoms with Crippen LogP contribution < -0.4 is 0 Å². The molecule has 3 heteroatoms. The minimum absolute atomic E-state index is 0.0104. The van der Waals surface area contributed by atoms with Crippen molar-refractivity contribution in [2.75, 3.05) is 0 Å². The van der Waals surface area contributed by atoms with Crippen LogP contribution in [0, 0.1) is 11.8 Å². The fourth-order valence-electron chi connectivity index (χ4n) is 3.61. The van der Waals surface area contributed by atoms with Crippen molar-refractivity contribution in [3.05, 3.63) is 12.2 Å². The third kappa shape index (κ3) is 4.95. The van der Waals surface area contributed by atoms with Gasteiger partial charge in [0.2, 0.25) is 0 Å². The molecule has 1 fully saturated rings. The van der Waals surface area contributed by atoms with Gasteiger partial charge in [0.25, 0.3) is 0 Å². The van der Waals surface area contributed by atoms with Gasteiger partial charge in [0.15, 0.2) is 0 Å². The van der Waals surface area contributed by atoms with E-state index < -0.39 is 8.07 Å². The van der Waals surface area contributed by atoms with Crippen molar-refractivity contribution in [2.45, 2.75) is 97.0 Å². The van der Waals surface area contributed by atoms with E-state index in [2.05, 4.69) is 66.8 Å². The number of ether oxygens (including phenoxy) is 1. The average molecular weight is 339 g/mol. The Kier molecular flexibility index (Phi) is 7.12. The molecule has 0 aliphatic carbocycles. The summed E-state index contributed by atoms with van der Waals surface area (Å²) in [5.74, 6) is 0.718. The first-order chi connectivity index (χ1) is 10.5. The predicted molar refractivity (Wildman–Crippen MR) is 102 cm³/mol. The van der Waals surface area contributed by atoms with Crippen molar-refractivity contribution in [3.63, 3.8) is 0 Å². The van der Waals surface area contributed by atoms with Crippen LogP contribution in [0.1, 0.15) is 67.2 Å². The standard InChI is InChI=1S/C20H38O2Si/c1-9-10-11-12-13-16-14-17(21)22-18(15(2)3)19(16)23(7,8)20(4,5)6/h12-13,15-16,18-19H,9-11,14H2,1-8H3/b13-12+/t16?,18-,19+/m1/s1. The third-order valence-corrected chi connectivity index (χ3v) is 12.3. The maximum absolute atomic E-state index is 12.2. The van der Waals surface area contributed by atoms with Gasteiger partial charge in [0.05, 0.1) is 14.5 Å². The topological polar surface area (TPSA) is 26.3 Å². The molecule has 0 aromatic heterocycles. The van der Waals surface area contributed by atoms with Crippen LogP contribution in [0.3, 0.4) is 0 Å². The lowest BCUT2D eigenvalue weighted by Gasteiger charge is -2.51. The van der Waals surface area contributed by atoms with Crippen LogP contribution >= 0.6 is 0 Å². The zero-order valence-electron chi connectivity index (χ0n) is 16.6. The van der Waals surface area contributed by atoms with Gasteiger partial charge in [-0.15, -0.1) is 0 Å². The predicted octanol–water partition coefficient (Wildman–Crippen LogP) is 6.20. The van der Waals surface area contributed by atoms with Crippen molar-refractivity contribution < 1.29 is 9.53 Å². The number of allylic oxidation sites excluding steroid dienone is 2. The molecular weight excluding hydrogens is 300 g/mol. The Morgan fingerprint density at radius 3 is 2.39 bits per heavy atom. The Morgan fingerprint density at radius 1 is 1.30 bits per heavy atom. The molecule has 1 heterocycles. The lowest BCUT2D eigenvalue weighted by molar-refractivity contribution is -0.158. The maximum atomic E-state index is 12.2.